The van der Waals surface area contributed by atoms with Crippen LogP contribution in [0.15, 0.2) is 39.0 Å². The number of hydrogen-bond donors (Lipinski definition) is 2. The quantitative estimate of drug-likeness (QED) is 0.469. The molecule has 0 spiro atoms. The summed E-state index contributed by atoms with van der Waals surface area (Å²) >= 11 is 0. The number of benzene rings is 1. The molecule has 0 unspecified atom stereocenters. The number of carbonyl (C=O) groups is 1. The summed E-state index contributed by atoms with van der Waals surface area (Å²) in [5.41, 5.74) is 5.39. The Morgan fingerprint density at radius 1 is 1.12 bits per heavy atom. The van der Waals surface area contributed by atoms with E-state index in [1.165, 1.54) is 6.07 Å². The highest BCUT2D eigenvalue weighted by Gasteiger charge is 2.09. The van der Waals surface area contributed by atoms with Gasteiger partial charge in [0.1, 0.15) is 5.36 Å². The first-order valence-electron chi connectivity index (χ1n) is 4.43. The van der Waals surface area contributed by atoms with E-state index in [9.17, 15) is 14.4 Å². The molecule has 0 heterocycles. The highest BCUT2D eigenvalue weighted by atomic mass is 16.2. The van der Waals surface area contributed by atoms with Crippen LogP contribution < -0.4 is 27.4 Å². The van der Waals surface area contributed by atoms with Crippen molar-refractivity contribution in [1.82, 2.24) is 5.43 Å². The zero-order chi connectivity index (χ0) is 11.7. The van der Waals surface area contributed by atoms with Crippen molar-refractivity contribution in [3.05, 3.63) is 50.1 Å². The summed E-state index contributed by atoms with van der Waals surface area (Å²) in [5.74, 6) is 0. The van der Waals surface area contributed by atoms with E-state index in [1.54, 1.807) is 18.2 Å². The molecule has 0 saturated carbocycles. The predicted molar refractivity (Wildman–Crippen MR) is 57.1 cm³/mol. The summed E-state index contributed by atoms with van der Waals surface area (Å²) < 4.78 is 0. The molecule has 2 rings (SSSR count). The molecule has 0 aromatic heterocycles. The topological polar surface area (TPSA) is 102 Å². The van der Waals surface area contributed by atoms with Gasteiger partial charge in [-0.3, -0.25) is 9.59 Å². The van der Waals surface area contributed by atoms with E-state index >= 15 is 0 Å². The number of nitrogens with one attached hydrogen (secondary N) is 1. The van der Waals surface area contributed by atoms with Crippen LogP contribution in [0.1, 0.15) is 0 Å². The molecular formula is C10H7N3O3. The van der Waals surface area contributed by atoms with Crippen LogP contribution in [0.25, 0.3) is 10.8 Å². The van der Waals surface area contributed by atoms with Crippen LogP contribution in [0, 0.1) is 0 Å². The molecule has 0 aliphatic heterocycles. The van der Waals surface area contributed by atoms with Gasteiger partial charge in [-0.1, -0.05) is 24.3 Å². The summed E-state index contributed by atoms with van der Waals surface area (Å²) in [5, 5.41) is 4.13. The molecule has 0 atom stereocenters. The monoisotopic (exact) mass is 217 g/mol. The maximum absolute atomic E-state index is 11.5. The minimum absolute atomic E-state index is 0.0839. The molecular weight excluding hydrogens is 210 g/mol. The van der Waals surface area contributed by atoms with Crippen molar-refractivity contribution < 1.29 is 4.79 Å². The van der Waals surface area contributed by atoms with Crippen molar-refractivity contribution in [2.45, 2.75) is 0 Å². The molecule has 0 bridgehead atoms. The summed E-state index contributed by atoms with van der Waals surface area (Å²) in [7, 11) is 0. The normalized spacial score (nSPS) is 11.9. The maximum Gasteiger partial charge on any atom is 0.332 e. The number of primary amides is 1. The van der Waals surface area contributed by atoms with E-state index in [-0.39, 0.29) is 10.7 Å². The van der Waals surface area contributed by atoms with E-state index in [1.807, 2.05) is 5.43 Å². The summed E-state index contributed by atoms with van der Waals surface area (Å²) in [6, 6.07) is 5.54. The first-order valence-corrected chi connectivity index (χ1v) is 4.43. The Kier molecular flexibility index (Phi) is 2.24. The van der Waals surface area contributed by atoms with Crippen LogP contribution in [0.4, 0.5) is 4.79 Å². The van der Waals surface area contributed by atoms with Gasteiger partial charge in [0.05, 0.1) is 0 Å². The number of hydrogen-bond acceptors (Lipinski definition) is 4. The molecule has 0 aliphatic rings. The minimum atomic E-state index is -0.892. The third kappa shape index (κ3) is 1.46. The van der Waals surface area contributed by atoms with E-state index in [2.05, 4.69) is 5.10 Å². The SMILES string of the molecule is NC(=O)N/N=c1\c(=O)c(=O)c2ccccc12. The number of rotatable bonds is 1. The second kappa shape index (κ2) is 3.58. The van der Waals surface area contributed by atoms with Gasteiger partial charge in [0, 0.05) is 10.8 Å². The highest BCUT2D eigenvalue weighted by molar-refractivity contribution is 5.83. The predicted octanol–water partition coefficient (Wildman–Crippen LogP) is -1.08. The van der Waals surface area contributed by atoms with Gasteiger partial charge in [-0.25, -0.2) is 10.2 Å². The van der Waals surface area contributed by atoms with Crippen molar-refractivity contribution >= 4 is 16.8 Å². The maximum atomic E-state index is 11.5. The molecule has 2 aromatic rings. The number of urea groups is 1. The smallest absolute Gasteiger partial charge is 0.332 e. The average molecular weight is 217 g/mol. The van der Waals surface area contributed by atoms with Crippen molar-refractivity contribution in [3.63, 3.8) is 0 Å². The third-order valence-electron chi connectivity index (χ3n) is 2.13. The number of amides is 2. The fraction of sp³-hybridized carbons (Fsp3) is 0. The molecule has 2 aromatic carbocycles. The molecule has 0 radical (unpaired) electrons. The lowest BCUT2D eigenvalue weighted by molar-refractivity contribution is 0.249. The first kappa shape index (κ1) is 10.0. The molecule has 3 N–H and O–H groups in total. The van der Waals surface area contributed by atoms with Crippen molar-refractivity contribution in [1.29, 1.82) is 0 Å². The molecule has 0 saturated heterocycles. The lowest BCUT2D eigenvalue weighted by Gasteiger charge is -1.89. The van der Waals surface area contributed by atoms with Crippen molar-refractivity contribution in [2.24, 2.45) is 10.8 Å². The molecule has 6 nitrogen and oxygen atoms in total. The van der Waals surface area contributed by atoms with Gasteiger partial charge >= 0.3 is 6.03 Å². The van der Waals surface area contributed by atoms with E-state index in [0.29, 0.717) is 5.39 Å². The molecule has 0 aliphatic carbocycles. The Hall–Kier alpha value is -2.50. The highest BCUT2D eigenvalue weighted by Crippen LogP contribution is 2.01. The van der Waals surface area contributed by atoms with Gasteiger partial charge in [-0.05, 0) is 0 Å². The molecule has 2 amide bonds. The first-order chi connectivity index (χ1) is 7.61. The Labute approximate surface area is 88.7 Å². The third-order valence-corrected chi connectivity index (χ3v) is 2.13. The standard InChI is InChI=1S/C10H7N3O3/c11-10(16)13-12-7-5-3-1-2-4-6(5)8(14)9(7)15/h1-4H,(H3,11,13,16)/b12-7-. The molecule has 80 valence electrons. The Balaban J connectivity index is 2.84. The molecule has 6 heteroatoms. The van der Waals surface area contributed by atoms with Crippen molar-refractivity contribution in [3.8, 4) is 0 Å². The number of nitrogens with zero attached hydrogens (tertiary/aromatic N) is 1. The fourth-order valence-electron chi connectivity index (χ4n) is 1.46. The van der Waals surface area contributed by atoms with Gasteiger partial charge in [-0.2, -0.15) is 5.10 Å². The van der Waals surface area contributed by atoms with Crippen LogP contribution >= 0.6 is 0 Å². The Morgan fingerprint density at radius 3 is 2.38 bits per heavy atom. The van der Waals surface area contributed by atoms with Crippen LogP contribution in [0.2, 0.25) is 0 Å². The zero-order valence-electron chi connectivity index (χ0n) is 8.06. The molecule has 0 fully saturated rings. The second-order valence-electron chi connectivity index (χ2n) is 3.14. The second-order valence-corrected chi connectivity index (χ2v) is 3.14. The number of carbonyl (C=O) groups excluding carboxylic acids is 1. The lowest BCUT2D eigenvalue weighted by Crippen LogP contribution is -2.35. The average Bonchev–Trinajstić information content (AvgIpc) is 2.50. The van der Waals surface area contributed by atoms with Crippen LogP contribution in [-0.2, 0) is 0 Å². The summed E-state index contributed by atoms with van der Waals surface area (Å²) in [4.78, 5) is 33.4. The van der Waals surface area contributed by atoms with Crippen LogP contribution in [-0.4, -0.2) is 6.03 Å². The van der Waals surface area contributed by atoms with E-state index in [0.717, 1.165) is 0 Å². The van der Waals surface area contributed by atoms with Gasteiger partial charge in [-0.15, -0.1) is 0 Å². The Bertz CT molecular complexity index is 711. The lowest BCUT2D eigenvalue weighted by atomic mass is 10.2. The van der Waals surface area contributed by atoms with Gasteiger partial charge < -0.3 is 5.73 Å². The van der Waals surface area contributed by atoms with Gasteiger partial charge in [0.15, 0.2) is 0 Å². The van der Waals surface area contributed by atoms with Gasteiger partial charge in [0.25, 0.3) is 5.43 Å². The summed E-state index contributed by atoms with van der Waals surface area (Å²) in [6.45, 7) is 0. The van der Waals surface area contributed by atoms with Crippen LogP contribution in [0.3, 0.4) is 0 Å². The van der Waals surface area contributed by atoms with Crippen molar-refractivity contribution in [2.75, 3.05) is 0 Å². The van der Waals surface area contributed by atoms with Gasteiger partial charge in [0.2, 0.25) is 5.43 Å². The van der Waals surface area contributed by atoms with E-state index < -0.39 is 16.9 Å². The van der Waals surface area contributed by atoms with Crippen LogP contribution in [0.5, 0.6) is 0 Å². The minimum Gasteiger partial charge on any atom is -0.350 e. The zero-order valence-corrected chi connectivity index (χ0v) is 8.06. The largest absolute Gasteiger partial charge is 0.350 e. The number of fused-ring (bicyclic) bond motifs is 1. The fourth-order valence-corrected chi connectivity index (χ4v) is 1.46. The van der Waals surface area contributed by atoms with E-state index in [4.69, 9.17) is 5.73 Å². The molecule has 16 heavy (non-hydrogen) atoms. The summed E-state index contributed by atoms with van der Waals surface area (Å²) in [6.07, 6.45) is 0. The Morgan fingerprint density at radius 2 is 1.75 bits per heavy atom. The number of nitrogens with two attached hydrogens (primary N) is 1.